The van der Waals surface area contributed by atoms with E-state index in [2.05, 4.69) is 26.9 Å². The topological polar surface area (TPSA) is 64.1 Å². The summed E-state index contributed by atoms with van der Waals surface area (Å²) >= 11 is 1.51. The highest BCUT2D eigenvalue weighted by Crippen LogP contribution is 2.29. The van der Waals surface area contributed by atoms with Crippen LogP contribution in [-0.2, 0) is 6.54 Å². The smallest absolute Gasteiger partial charge is 0.191 e. The highest BCUT2D eigenvalue weighted by atomic mass is 32.2. The van der Waals surface area contributed by atoms with Gasteiger partial charge in [0.05, 0.1) is 24.0 Å². The molecule has 2 aromatic heterocycles. The zero-order chi connectivity index (χ0) is 17.2. The minimum absolute atomic E-state index is 0.546. The average molecular weight is 343 g/mol. The number of aromatic nitrogens is 3. The Hall–Kier alpha value is -2.05. The van der Waals surface area contributed by atoms with Gasteiger partial charge in [-0.2, -0.15) is 0 Å². The maximum absolute atomic E-state index is 10.0. The van der Waals surface area contributed by atoms with Crippen molar-refractivity contribution in [2.45, 2.75) is 38.1 Å². The van der Waals surface area contributed by atoms with E-state index in [1.165, 1.54) is 17.3 Å². The number of aryl methyl sites for hydroxylation is 1. The Morgan fingerprint density at radius 2 is 1.92 bits per heavy atom. The zero-order valence-corrected chi connectivity index (χ0v) is 14.9. The van der Waals surface area contributed by atoms with Crippen molar-refractivity contribution in [3.8, 4) is 11.4 Å². The van der Waals surface area contributed by atoms with Gasteiger partial charge < -0.3 is 9.52 Å². The van der Waals surface area contributed by atoms with E-state index in [0.717, 1.165) is 22.3 Å². The van der Waals surface area contributed by atoms with Gasteiger partial charge in [0.15, 0.2) is 11.0 Å². The van der Waals surface area contributed by atoms with Crippen molar-refractivity contribution in [1.29, 1.82) is 0 Å². The highest BCUT2D eigenvalue weighted by molar-refractivity contribution is 7.99. The fraction of sp³-hybridized carbons (Fsp3) is 0.333. The van der Waals surface area contributed by atoms with Crippen LogP contribution in [-0.4, -0.2) is 31.2 Å². The molecule has 126 valence electrons. The Balaban J connectivity index is 1.97. The molecule has 0 atom stereocenters. The molecule has 1 N–H and O–H groups in total. The molecule has 3 aromatic rings. The molecule has 24 heavy (non-hydrogen) atoms. The van der Waals surface area contributed by atoms with E-state index >= 15 is 0 Å². The summed E-state index contributed by atoms with van der Waals surface area (Å²) in [5, 5.41) is 19.5. The van der Waals surface area contributed by atoms with Gasteiger partial charge in [-0.1, -0.05) is 42.1 Å². The van der Waals surface area contributed by atoms with Crippen molar-refractivity contribution < 1.29 is 9.52 Å². The number of hydrogen-bond donors (Lipinski definition) is 1. The van der Waals surface area contributed by atoms with Crippen molar-refractivity contribution in [3.05, 3.63) is 54.0 Å². The van der Waals surface area contributed by atoms with Gasteiger partial charge in [0.1, 0.15) is 5.76 Å². The second-order valence-corrected chi connectivity index (χ2v) is 7.31. The molecule has 5 nitrogen and oxygen atoms in total. The molecule has 2 heterocycles. The van der Waals surface area contributed by atoms with Gasteiger partial charge in [-0.25, -0.2) is 0 Å². The minimum Gasteiger partial charge on any atom is -0.469 e. The molecular formula is C18H21N3O2S. The number of rotatable bonds is 6. The summed E-state index contributed by atoms with van der Waals surface area (Å²) in [6, 6.07) is 12.1. The van der Waals surface area contributed by atoms with E-state index in [-0.39, 0.29) is 0 Å². The van der Waals surface area contributed by atoms with Crippen LogP contribution in [0.3, 0.4) is 0 Å². The molecule has 0 unspecified atom stereocenters. The van der Waals surface area contributed by atoms with E-state index in [1.807, 2.05) is 31.2 Å². The van der Waals surface area contributed by atoms with Crippen LogP contribution in [0.2, 0.25) is 0 Å². The van der Waals surface area contributed by atoms with E-state index in [0.29, 0.717) is 12.3 Å². The quantitative estimate of drug-likeness (QED) is 0.691. The third-order valence-electron chi connectivity index (χ3n) is 3.55. The van der Waals surface area contributed by atoms with Crippen LogP contribution in [0.1, 0.15) is 25.2 Å². The monoisotopic (exact) mass is 343 g/mol. The van der Waals surface area contributed by atoms with Crippen molar-refractivity contribution in [2.75, 3.05) is 5.75 Å². The van der Waals surface area contributed by atoms with E-state index < -0.39 is 5.60 Å². The van der Waals surface area contributed by atoms with Crippen molar-refractivity contribution >= 4 is 11.8 Å². The van der Waals surface area contributed by atoms with Crippen molar-refractivity contribution in [3.63, 3.8) is 0 Å². The first-order valence-corrected chi connectivity index (χ1v) is 8.79. The average Bonchev–Trinajstić information content (AvgIpc) is 3.12. The summed E-state index contributed by atoms with van der Waals surface area (Å²) in [5.41, 5.74) is 1.35. The van der Waals surface area contributed by atoms with Crippen LogP contribution in [0.5, 0.6) is 0 Å². The van der Waals surface area contributed by atoms with Gasteiger partial charge >= 0.3 is 0 Å². The fourth-order valence-corrected chi connectivity index (χ4v) is 3.25. The molecule has 0 saturated heterocycles. The molecule has 0 aliphatic rings. The number of nitrogens with zero attached hydrogens (tertiary/aromatic N) is 3. The normalized spacial score (nSPS) is 11.8. The van der Waals surface area contributed by atoms with Gasteiger partial charge in [0.25, 0.3) is 0 Å². The second-order valence-electron chi connectivity index (χ2n) is 6.37. The Morgan fingerprint density at radius 1 is 1.17 bits per heavy atom. The maximum atomic E-state index is 10.0. The first kappa shape index (κ1) is 16.8. The highest BCUT2D eigenvalue weighted by Gasteiger charge is 2.20. The summed E-state index contributed by atoms with van der Waals surface area (Å²) in [6.07, 6.45) is 1.66. The number of hydrogen-bond acceptors (Lipinski definition) is 5. The summed E-state index contributed by atoms with van der Waals surface area (Å²) in [5.74, 6) is 2.14. The van der Waals surface area contributed by atoms with Crippen molar-refractivity contribution in [1.82, 2.24) is 14.8 Å². The van der Waals surface area contributed by atoms with Crippen LogP contribution in [0.4, 0.5) is 0 Å². The number of furan rings is 1. The lowest BCUT2D eigenvalue weighted by atomic mass is 10.2. The molecule has 6 heteroatoms. The van der Waals surface area contributed by atoms with Gasteiger partial charge in [0, 0.05) is 5.75 Å². The Bertz CT molecular complexity index is 803. The molecule has 0 saturated carbocycles. The van der Waals surface area contributed by atoms with E-state index in [9.17, 15) is 5.11 Å². The lowest BCUT2D eigenvalue weighted by Crippen LogP contribution is -2.22. The molecular weight excluding hydrogens is 322 g/mol. The third-order valence-corrected chi connectivity index (χ3v) is 4.97. The van der Waals surface area contributed by atoms with Gasteiger partial charge in [-0.15, -0.1) is 10.2 Å². The molecule has 0 aliphatic carbocycles. The molecule has 0 bridgehead atoms. The summed E-state index contributed by atoms with van der Waals surface area (Å²) < 4.78 is 7.49. The van der Waals surface area contributed by atoms with E-state index in [1.54, 1.807) is 20.1 Å². The molecule has 1 aromatic carbocycles. The van der Waals surface area contributed by atoms with Gasteiger partial charge in [-0.05, 0) is 32.4 Å². The Morgan fingerprint density at radius 3 is 2.54 bits per heavy atom. The number of thioether (sulfide) groups is 1. The van der Waals surface area contributed by atoms with Crippen LogP contribution in [0.25, 0.3) is 11.4 Å². The second kappa shape index (κ2) is 6.83. The summed E-state index contributed by atoms with van der Waals surface area (Å²) in [4.78, 5) is 0. The molecule has 0 aliphatic heterocycles. The Labute approximate surface area is 145 Å². The Kier molecular flexibility index (Phi) is 4.78. The predicted molar refractivity (Wildman–Crippen MR) is 95.0 cm³/mol. The van der Waals surface area contributed by atoms with Crippen LogP contribution in [0.15, 0.2) is 52.2 Å². The first-order valence-electron chi connectivity index (χ1n) is 7.81. The van der Waals surface area contributed by atoms with Crippen molar-refractivity contribution in [2.24, 2.45) is 0 Å². The standard InChI is InChI=1S/C18H21N3O2S/c1-13-15(9-10-23-13)16-19-20-17(24-12-18(2,3)22)21(16)11-14-7-5-4-6-8-14/h4-10,22H,11-12H2,1-3H3. The first-order chi connectivity index (χ1) is 11.4. The molecule has 0 radical (unpaired) electrons. The van der Waals surface area contributed by atoms with Crippen LogP contribution >= 0.6 is 11.8 Å². The number of aliphatic hydroxyl groups is 1. The fourth-order valence-electron chi connectivity index (χ4n) is 2.36. The lowest BCUT2D eigenvalue weighted by molar-refractivity contribution is 0.107. The summed E-state index contributed by atoms with van der Waals surface area (Å²) in [7, 11) is 0. The zero-order valence-electron chi connectivity index (χ0n) is 14.1. The van der Waals surface area contributed by atoms with E-state index in [4.69, 9.17) is 4.42 Å². The largest absolute Gasteiger partial charge is 0.469 e. The summed E-state index contributed by atoms with van der Waals surface area (Å²) in [6.45, 7) is 6.17. The molecule has 0 fully saturated rings. The number of benzene rings is 1. The maximum Gasteiger partial charge on any atom is 0.191 e. The minimum atomic E-state index is -0.764. The molecule has 0 amide bonds. The molecule has 3 rings (SSSR count). The lowest BCUT2D eigenvalue weighted by Gasteiger charge is -2.16. The third kappa shape index (κ3) is 3.88. The van der Waals surface area contributed by atoms with Crippen LogP contribution in [0, 0.1) is 6.92 Å². The van der Waals surface area contributed by atoms with Gasteiger partial charge in [-0.3, -0.25) is 4.57 Å². The van der Waals surface area contributed by atoms with Crippen LogP contribution < -0.4 is 0 Å². The van der Waals surface area contributed by atoms with Gasteiger partial charge in [0.2, 0.25) is 0 Å². The predicted octanol–water partition coefficient (Wildman–Crippen LogP) is 3.76. The molecule has 0 spiro atoms. The SMILES string of the molecule is Cc1occc1-c1nnc(SCC(C)(C)O)n1Cc1ccccc1.